The molecule has 0 aromatic heterocycles. The van der Waals surface area contributed by atoms with Crippen LogP contribution in [-0.2, 0) is 14.4 Å². The van der Waals surface area contributed by atoms with Crippen molar-refractivity contribution >= 4 is 29.1 Å². The number of piperidine rings is 1. The van der Waals surface area contributed by atoms with E-state index in [-0.39, 0.29) is 23.6 Å². The van der Waals surface area contributed by atoms with E-state index in [4.69, 9.17) is 0 Å². The van der Waals surface area contributed by atoms with Crippen molar-refractivity contribution in [2.75, 3.05) is 17.2 Å². The van der Waals surface area contributed by atoms with E-state index < -0.39 is 0 Å². The number of hydrogen-bond acceptors (Lipinski definition) is 3. The van der Waals surface area contributed by atoms with Gasteiger partial charge in [0.15, 0.2) is 0 Å². The molecule has 21 heavy (non-hydrogen) atoms. The fraction of sp³-hybridized carbons (Fsp3) is 0.400. The second-order valence-corrected chi connectivity index (χ2v) is 5.24. The van der Waals surface area contributed by atoms with E-state index in [9.17, 15) is 14.4 Å². The maximum atomic E-state index is 12.2. The van der Waals surface area contributed by atoms with Gasteiger partial charge >= 0.3 is 0 Å². The van der Waals surface area contributed by atoms with Crippen LogP contribution in [0.2, 0.25) is 0 Å². The first-order chi connectivity index (χ1) is 9.95. The normalized spacial score (nSPS) is 17.8. The summed E-state index contributed by atoms with van der Waals surface area (Å²) in [4.78, 5) is 34.4. The molecule has 112 valence electrons. The third-order valence-electron chi connectivity index (χ3n) is 3.45. The summed E-state index contributed by atoms with van der Waals surface area (Å²) in [6.45, 7) is 3.69. The molecule has 3 amide bonds. The fourth-order valence-electron chi connectivity index (χ4n) is 2.23. The molecule has 2 rings (SSSR count). The lowest BCUT2D eigenvalue weighted by molar-refractivity contribution is -0.126. The van der Waals surface area contributed by atoms with Crippen molar-refractivity contribution in [3.63, 3.8) is 0 Å². The van der Waals surface area contributed by atoms with Crippen LogP contribution in [0, 0.1) is 12.8 Å². The minimum Gasteiger partial charge on any atom is -0.355 e. The highest BCUT2D eigenvalue weighted by molar-refractivity contribution is 5.96. The van der Waals surface area contributed by atoms with Gasteiger partial charge in [0.1, 0.15) is 0 Å². The number of carbonyl (C=O) groups excluding carboxylic acids is 3. The summed E-state index contributed by atoms with van der Waals surface area (Å²) < 4.78 is 0. The monoisotopic (exact) mass is 289 g/mol. The van der Waals surface area contributed by atoms with Gasteiger partial charge in [-0.1, -0.05) is 6.07 Å². The summed E-state index contributed by atoms with van der Waals surface area (Å²) in [5, 5.41) is 8.24. The number of anilines is 2. The van der Waals surface area contributed by atoms with Crippen LogP contribution >= 0.6 is 0 Å². The summed E-state index contributed by atoms with van der Waals surface area (Å²) in [6.07, 6.45) is 0.936. The molecule has 1 fully saturated rings. The Morgan fingerprint density at radius 1 is 1.29 bits per heavy atom. The second kappa shape index (κ2) is 6.39. The van der Waals surface area contributed by atoms with Crippen molar-refractivity contribution in [3.05, 3.63) is 23.8 Å². The molecule has 1 heterocycles. The molecule has 0 bridgehead atoms. The van der Waals surface area contributed by atoms with E-state index in [0.717, 1.165) is 5.56 Å². The lowest BCUT2D eigenvalue weighted by Crippen LogP contribution is -2.40. The van der Waals surface area contributed by atoms with Crippen LogP contribution in [0.15, 0.2) is 18.2 Å². The SMILES string of the molecule is CC(=O)Nc1ccc(C)c(NC(=O)C2CCC(=O)NC2)c1. The van der Waals surface area contributed by atoms with Gasteiger partial charge in [0.2, 0.25) is 17.7 Å². The first kappa shape index (κ1) is 15.0. The van der Waals surface area contributed by atoms with E-state index in [1.807, 2.05) is 13.0 Å². The zero-order valence-corrected chi connectivity index (χ0v) is 12.2. The fourth-order valence-corrected chi connectivity index (χ4v) is 2.23. The Morgan fingerprint density at radius 3 is 2.67 bits per heavy atom. The van der Waals surface area contributed by atoms with E-state index in [2.05, 4.69) is 16.0 Å². The van der Waals surface area contributed by atoms with Gasteiger partial charge in [-0.25, -0.2) is 0 Å². The number of nitrogens with one attached hydrogen (secondary N) is 3. The zero-order chi connectivity index (χ0) is 15.4. The zero-order valence-electron chi connectivity index (χ0n) is 12.2. The molecule has 0 saturated carbocycles. The van der Waals surface area contributed by atoms with Crippen LogP contribution < -0.4 is 16.0 Å². The summed E-state index contributed by atoms with van der Waals surface area (Å²) in [7, 11) is 0. The number of rotatable bonds is 3. The van der Waals surface area contributed by atoms with E-state index in [1.54, 1.807) is 12.1 Å². The molecule has 1 aliphatic heterocycles. The molecule has 6 nitrogen and oxygen atoms in total. The van der Waals surface area contributed by atoms with Crippen molar-refractivity contribution < 1.29 is 14.4 Å². The average molecular weight is 289 g/mol. The van der Waals surface area contributed by atoms with Crippen LogP contribution in [-0.4, -0.2) is 24.3 Å². The molecule has 1 unspecified atom stereocenters. The number of carbonyl (C=O) groups is 3. The highest BCUT2D eigenvalue weighted by Crippen LogP contribution is 2.22. The third-order valence-corrected chi connectivity index (χ3v) is 3.45. The van der Waals surface area contributed by atoms with Crippen molar-refractivity contribution in [2.45, 2.75) is 26.7 Å². The molecular formula is C15H19N3O3. The van der Waals surface area contributed by atoms with Crippen LogP contribution in [0.1, 0.15) is 25.3 Å². The molecule has 1 atom stereocenters. The van der Waals surface area contributed by atoms with Gasteiger partial charge in [-0.2, -0.15) is 0 Å². The maximum absolute atomic E-state index is 12.2. The first-order valence-corrected chi connectivity index (χ1v) is 6.91. The standard InChI is InChI=1S/C15H19N3O3/c1-9-3-5-12(17-10(2)19)7-13(9)18-15(21)11-4-6-14(20)16-8-11/h3,5,7,11H,4,6,8H2,1-2H3,(H,16,20)(H,17,19)(H,18,21). The molecule has 1 aromatic carbocycles. The van der Waals surface area contributed by atoms with Crippen LogP contribution in [0.3, 0.4) is 0 Å². The maximum Gasteiger partial charge on any atom is 0.229 e. The highest BCUT2D eigenvalue weighted by atomic mass is 16.2. The summed E-state index contributed by atoms with van der Waals surface area (Å²) in [6, 6.07) is 5.35. The number of amides is 3. The van der Waals surface area contributed by atoms with Gasteiger partial charge in [0.05, 0.1) is 5.92 Å². The largest absolute Gasteiger partial charge is 0.355 e. The average Bonchev–Trinajstić information content (AvgIpc) is 2.42. The smallest absolute Gasteiger partial charge is 0.229 e. The highest BCUT2D eigenvalue weighted by Gasteiger charge is 2.24. The van der Waals surface area contributed by atoms with Crippen LogP contribution in [0.5, 0.6) is 0 Å². The number of hydrogen-bond donors (Lipinski definition) is 3. The minimum atomic E-state index is -0.216. The summed E-state index contributed by atoms with van der Waals surface area (Å²) in [5.74, 6) is -0.501. The topological polar surface area (TPSA) is 87.3 Å². The first-order valence-electron chi connectivity index (χ1n) is 6.91. The number of benzene rings is 1. The molecule has 3 N–H and O–H groups in total. The summed E-state index contributed by atoms with van der Waals surface area (Å²) >= 11 is 0. The predicted octanol–water partition coefficient (Wildman–Crippen LogP) is 1.42. The quantitative estimate of drug-likeness (QED) is 0.786. The predicted molar refractivity (Wildman–Crippen MR) is 79.8 cm³/mol. The van der Waals surface area contributed by atoms with Gasteiger partial charge in [-0.05, 0) is 31.0 Å². The Morgan fingerprint density at radius 2 is 2.05 bits per heavy atom. The van der Waals surface area contributed by atoms with Crippen LogP contribution in [0.25, 0.3) is 0 Å². The molecule has 6 heteroatoms. The Bertz CT molecular complexity index is 574. The lowest BCUT2D eigenvalue weighted by Gasteiger charge is -2.22. The van der Waals surface area contributed by atoms with Crippen LogP contribution in [0.4, 0.5) is 11.4 Å². The Hall–Kier alpha value is -2.37. The molecule has 0 aliphatic carbocycles. The Balaban J connectivity index is 2.05. The Kier molecular flexibility index (Phi) is 4.57. The van der Waals surface area contributed by atoms with E-state index in [1.165, 1.54) is 6.92 Å². The van der Waals surface area contributed by atoms with Gasteiger partial charge in [-0.15, -0.1) is 0 Å². The summed E-state index contributed by atoms with van der Waals surface area (Å²) in [5.41, 5.74) is 2.22. The minimum absolute atomic E-state index is 0.0112. The molecule has 1 aromatic rings. The van der Waals surface area contributed by atoms with Gasteiger partial charge < -0.3 is 16.0 Å². The van der Waals surface area contributed by atoms with Gasteiger partial charge in [0.25, 0.3) is 0 Å². The van der Waals surface area contributed by atoms with E-state index in [0.29, 0.717) is 30.8 Å². The number of aryl methyl sites for hydroxylation is 1. The lowest BCUT2D eigenvalue weighted by atomic mass is 9.98. The molecule has 0 radical (unpaired) electrons. The van der Waals surface area contributed by atoms with Crippen molar-refractivity contribution in [2.24, 2.45) is 5.92 Å². The molecule has 1 aliphatic rings. The van der Waals surface area contributed by atoms with E-state index >= 15 is 0 Å². The van der Waals surface area contributed by atoms with Crippen molar-refractivity contribution in [3.8, 4) is 0 Å². The Labute approximate surface area is 123 Å². The molecule has 0 spiro atoms. The van der Waals surface area contributed by atoms with Gasteiger partial charge in [0, 0.05) is 31.3 Å². The second-order valence-electron chi connectivity index (χ2n) is 5.24. The molecular weight excluding hydrogens is 270 g/mol. The molecule has 1 saturated heterocycles. The van der Waals surface area contributed by atoms with Crippen molar-refractivity contribution in [1.29, 1.82) is 0 Å². The third kappa shape index (κ3) is 4.05. The van der Waals surface area contributed by atoms with Crippen molar-refractivity contribution in [1.82, 2.24) is 5.32 Å². The van der Waals surface area contributed by atoms with Gasteiger partial charge in [-0.3, -0.25) is 14.4 Å².